The van der Waals surface area contributed by atoms with E-state index < -0.39 is 40.0 Å². The zero-order valence-electron chi connectivity index (χ0n) is 26.2. The lowest BCUT2D eigenvalue weighted by molar-refractivity contribution is -0.125. The van der Waals surface area contributed by atoms with Gasteiger partial charge in [0.2, 0.25) is 15.8 Å². The van der Waals surface area contributed by atoms with E-state index in [0.717, 1.165) is 17.8 Å². The van der Waals surface area contributed by atoms with Crippen LogP contribution in [-0.4, -0.2) is 103 Å². The molecule has 0 aliphatic carbocycles. The lowest BCUT2D eigenvalue weighted by Gasteiger charge is -2.36. The Kier molecular flexibility index (Phi) is 11.7. The molecule has 4 rings (SSSR count). The van der Waals surface area contributed by atoms with Crippen LogP contribution >= 0.6 is 11.7 Å². The molecule has 2 aromatic heterocycles. The molecule has 0 radical (unpaired) electrons. The number of nitrogens with zero attached hydrogens (tertiary/aromatic N) is 4. The number of nitrogens with two attached hydrogens (primary N) is 1. The monoisotopic (exact) mass is 680 g/mol. The highest BCUT2D eigenvalue weighted by Gasteiger charge is 2.28. The lowest BCUT2D eigenvalue weighted by Crippen LogP contribution is -2.49. The maximum Gasteiger partial charge on any atom is 0.340 e. The van der Waals surface area contributed by atoms with Gasteiger partial charge in [-0.15, -0.1) is 4.37 Å². The molecular formula is C29H40N6O9S2. The van der Waals surface area contributed by atoms with Gasteiger partial charge >= 0.3 is 5.97 Å². The van der Waals surface area contributed by atoms with E-state index in [1.807, 2.05) is 25.7 Å². The van der Waals surface area contributed by atoms with E-state index >= 15 is 0 Å². The number of sulfonamides is 1. The summed E-state index contributed by atoms with van der Waals surface area (Å²) in [7, 11) is -4.14. The molecule has 15 nitrogen and oxygen atoms in total. The number of aryl methyl sites for hydroxylation is 1. The first-order chi connectivity index (χ1) is 21.7. The molecule has 17 heteroatoms. The number of nitrogens with one attached hydrogen (secondary N) is 1. The maximum absolute atomic E-state index is 13.2. The van der Waals surface area contributed by atoms with Gasteiger partial charge in [0.1, 0.15) is 18.5 Å². The number of esters is 1. The zero-order chi connectivity index (χ0) is 33.5. The Hall–Kier alpha value is -3.61. The predicted molar refractivity (Wildman–Crippen MR) is 170 cm³/mol. The molecule has 0 bridgehead atoms. The first-order valence-corrected chi connectivity index (χ1v) is 16.8. The van der Waals surface area contributed by atoms with Gasteiger partial charge in [0.15, 0.2) is 12.4 Å². The number of Topliss-reactive ketones (excluding diaryl/α,β-unsaturated/α-hetero) is 1. The summed E-state index contributed by atoms with van der Waals surface area (Å²) in [4.78, 5) is 29.7. The Balaban J connectivity index is 1.36. The number of morpholine rings is 1. The van der Waals surface area contributed by atoms with E-state index in [2.05, 4.69) is 14.1 Å². The second kappa shape index (κ2) is 15.3. The molecule has 1 saturated heterocycles. The van der Waals surface area contributed by atoms with Crippen molar-refractivity contribution in [1.82, 2.24) is 13.6 Å². The first kappa shape index (κ1) is 35.2. The molecule has 1 atom stereocenters. The smallest absolute Gasteiger partial charge is 0.340 e. The van der Waals surface area contributed by atoms with Crippen LogP contribution in [0.25, 0.3) is 0 Å². The number of β-amino-alcohol motifs (C(OH)–C–C–N with tert-alkyl or cyclic N) is 1. The van der Waals surface area contributed by atoms with Gasteiger partial charge < -0.3 is 34.0 Å². The summed E-state index contributed by atoms with van der Waals surface area (Å²) in [5.74, 6) is 0.172. The number of ketones is 1. The Labute approximate surface area is 272 Å². The van der Waals surface area contributed by atoms with Gasteiger partial charge in [0.05, 0.1) is 54.8 Å². The minimum absolute atomic E-state index is 0.0773. The van der Waals surface area contributed by atoms with Crippen LogP contribution in [0, 0.1) is 6.92 Å². The number of aromatic nitrogens is 2. The van der Waals surface area contributed by atoms with Gasteiger partial charge in [-0.05, 0) is 57.5 Å². The number of hydrogen-bond donors (Lipinski definition) is 3. The zero-order valence-corrected chi connectivity index (χ0v) is 27.9. The minimum Gasteiger partial charge on any atom is -0.472 e. The number of anilines is 2. The molecule has 4 N–H and O–H groups in total. The second-order valence-electron chi connectivity index (χ2n) is 11.8. The predicted octanol–water partition coefficient (Wildman–Crippen LogP) is 1.80. The van der Waals surface area contributed by atoms with Crippen LogP contribution < -0.4 is 20.1 Å². The number of aliphatic hydroxyl groups excluding tert-OH is 1. The highest BCUT2D eigenvalue weighted by Crippen LogP contribution is 2.27. The van der Waals surface area contributed by atoms with Crippen LogP contribution in [0.3, 0.4) is 0 Å². The third-order valence-electron chi connectivity index (χ3n) is 7.15. The Morgan fingerprint density at radius 2 is 1.98 bits per heavy atom. The van der Waals surface area contributed by atoms with Gasteiger partial charge in [0.25, 0.3) is 5.88 Å². The summed E-state index contributed by atoms with van der Waals surface area (Å²) < 4.78 is 54.6. The molecule has 1 aliphatic heterocycles. The number of carbonyl (C=O) groups excluding carboxylic acids is 2. The lowest BCUT2D eigenvalue weighted by atomic mass is 10.0. The van der Waals surface area contributed by atoms with E-state index in [1.165, 1.54) is 12.3 Å². The van der Waals surface area contributed by atoms with Crippen LogP contribution in [0.1, 0.15) is 42.5 Å². The molecule has 3 heterocycles. The third-order valence-corrected chi connectivity index (χ3v) is 8.71. The van der Waals surface area contributed by atoms with Gasteiger partial charge in [-0.25, -0.2) is 18.4 Å². The number of benzene rings is 1. The molecule has 0 saturated carbocycles. The number of aliphatic hydroxyl groups is 1. The average molecular weight is 681 g/mol. The van der Waals surface area contributed by atoms with Crippen molar-refractivity contribution in [1.29, 1.82) is 0 Å². The fourth-order valence-corrected chi connectivity index (χ4v) is 5.99. The van der Waals surface area contributed by atoms with E-state index in [1.54, 1.807) is 24.0 Å². The van der Waals surface area contributed by atoms with Gasteiger partial charge in [0, 0.05) is 30.9 Å². The summed E-state index contributed by atoms with van der Waals surface area (Å²) >= 11 is 1.02. The molecule has 252 valence electrons. The molecule has 46 heavy (non-hydrogen) atoms. The van der Waals surface area contributed by atoms with Gasteiger partial charge in [-0.2, -0.15) is 4.37 Å². The molecule has 0 unspecified atom stereocenters. The fourth-order valence-electron chi connectivity index (χ4n) is 4.68. The van der Waals surface area contributed by atoms with Crippen LogP contribution in [0.15, 0.2) is 39.8 Å². The molecule has 1 aromatic carbocycles. The molecule has 0 amide bonds. The highest BCUT2D eigenvalue weighted by molar-refractivity contribution is 7.89. The van der Waals surface area contributed by atoms with Crippen molar-refractivity contribution in [3.8, 4) is 5.88 Å². The Morgan fingerprint density at radius 1 is 1.24 bits per heavy atom. The summed E-state index contributed by atoms with van der Waals surface area (Å²) in [6, 6.07) is 6.04. The maximum atomic E-state index is 13.2. The molecule has 1 fully saturated rings. The van der Waals surface area contributed by atoms with Crippen LogP contribution in [0.2, 0.25) is 0 Å². The number of ether oxygens (including phenoxy) is 3. The SMILES string of the molecule is Cc1cc(NCc2ccco2)c(C(=O)OCC(=O)CN(C[C@H](O)COc2nsnc2N2CCOCC2)C(C)(C)C)cc1S(N)(=O)=O. The molecule has 1 aliphatic rings. The standard InChI is InChI=1S/C29H40N6O9S2/c1-19-12-24(31-14-22-6-5-9-42-22)23(13-25(19)46(30,39)40)28(38)44-18-21(37)16-35(29(2,3)4)15-20(36)17-43-27-26(32-45-33-27)34-7-10-41-11-8-34/h5-6,9,12-13,20,31,36H,7-8,10-11,14-18H2,1-4H3,(H2,30,39,40)/t20-/m0/s1. The van der Waals surface area contributed by atoms with Crippen molar-refractivity contribution in [2.45, 2.75) is 50.8 Å². The third kappa shape index (κ3) is 9.70. The highest BCUT2D eigenvalue weighted by atomic mass is 32.2. The molecule has 0 spiro atoms. The van der Waals surface area contributed by atoms with E-state index in [9.17, 15) is 23.1 Å². The number of carbonyl (C=O) groups is 2. The van der Waals surface area contributed by atoms with Crippen molar-refractivity contribution in [2.24, 2.45) is 5.14 Å². The second-order valence-corrected chi connectivity index (χ2v) is 13.8. The van der Waals surface area contributed by atoms with E-state index in [0.29, 0.717) is 49.3 Å². The van der Waals surface area contributed by atoms with Crippen molar-refractivity contribution in [3.05, 3.63) is 47.4 Å². The summed E-state index contributed by atoms with van der Waals surface area (Å²) in [6.07, 6.45) is 0.529. The minimum atomic E-state index is -4.14. The largest absolute Gasteiger partial charge is 0.472 e. The summed E-state index contributed by atoms with van der Waals surface area (Å²) in [5, 5.41) is 19.2. The average Bonchev–Trinajstić information content (AvgIpc) is 3.69. The Morgan fingerprint density at radius 3 is 2.63 bits per heavy atom. The number of furan rings is 1. The number of rotatable bonds is 15. The van der Waals surface area contributed by atoms with Crippen molar-refractivity contribution < 1.29 is 41.7 Å². The van der Waals surface area contributed by atoms with Crippen LogP contribution in [0.4, 0.5) is 11.5 Å². The molecule has 3 aromatic rings. The fraction of sp³-hybridized carbons (Fsp3) is 0.517. The normalized spacial score (nSPS) is 14.7. The summed E-state index contributed by atoms with van der Waals surface area (Å²) in [6.45, 7) is 9.20. The van der Waals surface area contributed by atoms with E-state index in [4.69, 9.17) is 23.8 Å². The Bertz CT molecular complexity index is 1580. The van der Waals surface area contributed by atoms with E-state index in [-0.39, 0.29) is 42.4 Å². The van der Waals surface area contributed by atoms with Gasteiger partial charge in [-0.1, -0.05) is 0 Å². The van der Waals surface area contributed by atoms with Crippen molar-refractivity contribution >= 4 is 45.0 Å². The number of hydrogen-bond acceptors (Lipinski definition) is 15. The summed E-state index contributed by atoms with van der Waals surface area (Å²) in [5.41, 5.74) is -0.0391. The van der Waals surface area contributed by atoms with Crippen LogP contribution in [0.5, 0.6) is 5.88 Å². The van der Waals surface area contributed by atoms with Crippen molar-refractivity contribution in [3.63, 3.8) is 0 Å². The van der Waals surface area contributed by atoms with Crippen molar-refractivity contribution in [2.75, 3.05) is 62.8 Å². The van der Waals surface area contributed by atoms with Gasteiger partial charge in [-0.3, -0.25) is 9.69 Å². The van der Waals surface area contributed by atoms with Crippen LogP contribution in [-0.2, 0) is 30.8 Å². The topological polar surface area (TPSA) is 200 Å². The quantitative estimate of drug-likeness (QED) is 0.196. The molecular weight excluding hydrogens is 640 g/mol. The number of primary sulfonamides is 1. The first-order valence-electron chi connectivity index (χ1n) is 14.6.